The molecule has 1 aromatic carbocycles. The summed E-state index contributed by atoms with van der Waals surface area (Å²) < 4.78 is 5.30. The highest BCUT2D eigenvalue weighted by Crippen LogP contribution is 2.29. The van der Waals surface area contributed by atoms with Crippen LogP contribution < -0.4 is 4.74 Å². The predicted molar refractivity (Wildman–Crippen MR) is 66.3 cm³/mol. The van der Waals surface area contributed by atoms with Gasteiger partial charge in [0, 0.05) is 17.3 Å². The van der Waals surface area contributed by atoms with E-state index >= 15 is 0 Å². The van der Waals surface area contributed by atoms with Crippen LogP contribution in [-0.2, 0) is 0 Å². The first kappa shape index (κ1) is 11.3. The summed E-state index contributed by atoms with van der Waals surface area (Å²) in [5.74, 6) is 0.780. The zero-order valence-corrected chi connectivity index (χ0v) is 9.81. The molecule has 1 heterocycles. The molecule has 0 aliphatic heterocycles. The van der Waals surface area contributed by atoms with Gasteiger partial charge in [0.05, 0.1) is 12.8 Å². The fourth-order valence-corrected chi connectivity index (χ4v) is 1.66. The maximum atomic E-state index is 10.6. The van der Waals surface area contributed by atoms with Crippen LogP contribution in [0.4, 0.5) is 0 Å². The molecule has 0 unspecified atom stereocenters. The second-order valence-corrected chi connectivity index (χ2v) is 3.80. The number of hydrogen-bond acceptors (Lipinski definition) is 3. The number of methoxy groups -OCH3 is 1. The molecule has 0 spiro atoms. The Morgan fingerprint density at radius 3 is 2.65 bits per heavy atom. The second kappa shape index (κ2) is 4.78. The average molecular weight is 227 g/mol. The summed E-state index contributed by atoms with van der Waals surface area (Å²) in [6, 6.07) is 9.49. The molecule has 0 aliphatic rings. The average Bonchev–Trinajstić information content (AvgIpc) is 2.39. The van der Waals surface area contributed by atoms with Crippen molar-refractivity contribution in [2.45, 2.75) is 6.92 Å². The quantitative estimate of drug-likeness (QED) is 0.757. The van der Waals surface area contributed by atoms with E-state index in [0.717, 1.165) is 28.9 Å². The molecule has 0 atom stereocenters. The minimum atomic E-state index is 0.570. The molecule has 0 saturated carbocycles. The van der Waals surface area contributed by atoms with Gasteiger partial charge in [-0.3, -0.25) is 9.78 Å². The topological polar surface area (TPSA) is 39.2 Å². The smallest absolute Gasteiger partial charge is 0.151 e. The van der Waals surface area contributed by atoms with E-state index in [-0.39, 0.29) is 0 Å². The van der Waals surface area contributed by atoms with E-state index < -0.39 is 0 Å². The standard InChI is InChI=1S/C14H13NO2/c1-10-3-6-14(17-2)12(7-10)13-5-4-11(9-16)8-15-13/h3-9H,1-2H3. The zero-order valence-electron chi connectivity index (χ0n) is 9.81. The van der Waals surface area contributed by atoms with Gasteiger partial charge in [-0.2, -0.15) is 0 Å². The normalized spacial score (nSPS) is 10.0. The summed E-state index contributed by atoms with van der Waals surface area (Å²) >= 11 is 0. The fourth-order valence-electron chi connectivity index (χ4n) is 1.66. The van der Waals surface area contributed by atoms with Crippen molar-refractivity contribution < 1.29 is 9.53 Å². The highest BCUT2D eigenvalue weighted by Gasteiger charge is 2.07. The lowest BCUT2D eigenvalue weighted by atomic mass is 10.1. The third-order valence-electron chi connectivity index (χ3n) is 2.55. The minimum absolute atomic E-state index is 0.570. The highest BCUT2D eigenvalue weighted by atomic mass is 16.5. The summed E-state index contributed by atoms with van der Waals surface area (Å²) in [5, 5.41) is 0. The van der Waals surface area contributed by atoms with Gasteiger partial charge in [-0.05, 0) is 31.2 Å². The number of carbonyl (C=O) groups excluding carboxylic acids is 1. The van der Waals surface area contributed by atoms with Gasteiger partial charge >= 0.3 is 0 Å². The van der Waals surface area contributed by atoms with Gasteiger partial charge in [0.25, 0.3) is 0 Å². The first-order chi connectivity index (χ1) is 8.24. The maximum Gasteiger partial charge on any atom is 0.151 e. The molecule has 2 aromatic rings. The molecule has 86 valence electrons. The lowest BCUT2D eigenvalue weighted by Gasteiger charge is -2.08. The molecule has 0 amide bonds. The van der Waals surface area contributed by atoms with Crippen LogP contribution in [0.2, 0.25) is 0 Å². The van der Waals surface area contributed by atoms with Crippen molar-refractivity contribution in [2.24, 2.45) is 0 Å². The van der Waals surface area contributed by atoms with E-state index in [1.165, 1.54) is 0 Å². The van der Waals surface area contributed by atoms with E-state index in [1.54, 1.807) is 19.4 Å². The fraction of sp³-hybridized carbons (Fsp3) is 0.143. The van der Waals surface area contributed by atoms with Gasteiger partial charge in [0.2, 0.25) is 0 Å². The minimum Gasteiger partial charge on any atom is -0.496 e. The zero-order chi connectivity index (χ0) is 12.3. The molecule has 3 nitrogen and oxygen atoms in total. The monoisotopic (exact) mass is 227 g/mol. The van der Waals surface area contributed by atoms with E-state index in [9.17, 15) is 4.79 Å². The highest BCUT2D eigenvalue weighted by molar-refractivity contribution is 5.76. The molecule has 2 rings (SSSR count). The van der Waals surface area contributed by atoms with Crippen LogP contribution in [0.15, 0.2) is 36.5 Å². The summed E-state index contributed by atoms with van der Waals surface area (Å²) in [4.78, 5) is 14.8. The van der Waals surface area contributed by atoms with Crippen LogP contribution in [0.25, 0.3) is 11.3 Å². The largest absolute Gasteiger partial charge is 0.496 e. The molecular weight excluding hydrogens is 214 g/mol. The number of benzene rings is 1. The van der Waals surface area contributed by atoms with Gasteiger partial charge in [0.15, 0.2) is 6.29 Å². The van der Waals surface area contributed by atoms with Crippen LogP contribution >= 0.6 is 0 Å². The Morgan fingerprint density at radius 2 is 2.06 bits per heavy atom. The molecule has 0 bridgehead atoms. The molecule has 0 saturated heterocycles. The Labute approximate surface area is 100 Å². The maximum absolute atomic E-state index is 10.6. The molecular formula is C14H13NO2. The Bertz CT molecular complexity index is 532. The first-order valence-electron chi connectivity index (χ1n) is 5.31. The summed E-state index contributed by atoms with van der Waals surface area (Å²) in [7, 11) is 1.63. The van der Waals surface area contributed by atoms with Gasteiger partial charge < -0.3 is 4.74 Å². The molecule has 0 radical (unpaired) electrons. The molecule has 0 N–H and O–H groups in total. The first-order valence-corrected chi connectivity index (χ1v) is 5.31. The Hall–Kier alpha value is -2.16. The number of pyridine rings is 1. The lowest BCUT2D eigenvalue weighted by Crippen LogP contribution is -1.92. The van der Waals surface area contributed by atoms with Gasteiger partial charge in [-0.15, -0.1) is 0 Å². The summed E-state index contributed by atoms with van der Waals surface area (Å²) in [5.41, 5.74) is 3.45. The van der Waals surface area contributed by atoms with Crippen molar-refractivity contribution >= 4 is 6.29 Å². The van der Waals surface area contributed by atoms with Gasteiger partial charge in [-0.25, -0.2) is 0 Å². The summed E-state index contributed by atoms with van der Waals surface area (Å²) in [6.45, 7) is 2.02. The Kier molecular flexibility index (Phi) is 3.19. The third kappa shape index (κ3) is 2.33. The molecule has 17 heavy (non-hydrogen) atoms. The van der Waals surface area contributed by atoms with Crippen molar-refractivity contribution in [1.29, 1.82) is 0 Å². The number of carbonyl (C=O) groups is 1. The lowest BCUT2D eigenvalue weighted by molar-refractivity contribution is 0.112. The van der Waals surface area contributed by atoms with Crippen LogP contribution in [-0.4, -0.2) is 18.4 Å². The van der Waals surface area contributed by atoms with Gasteiger partial charge in [-0.1, -0.05) is 11.6 Å². The predicted octanol–water partition coefficient (Wildman–Crippen LogP) is 2.88. The number of ether oxygens (including phenoxy) is 1. The van der Waals surface area contributed by atoms with Crippen molar-refractivity contribution in [1.82, 2.24) is 4.98 Å². The second-order valence-electron chi connectivity index (χ2n) is 3.80. The van der Waals surface area contributed by atoms with E-state index in [2.05, 4.69) is 4.98 Å². The molecule has 0 aliphatic carbocycles. The number of aryl methyl sites for hydroxylation is 1. The SMILES string of the molecule is COc1ccc(C)cc1-c1ccc(C=O)cn1. The van der Waals surface area contributed by atoms with E-state index in [4.69, 9.17) is 4.74 Å². The Morgan fingerprint density at radius 1 is 1.24 bits per heavy atom. The van der Waals surface area contributed by atoms with Crippen LogP contribution in [0.1, 0.15) is 15.9 Å². The van der Waals surface area contributed by atoms with Crippen molar-refractivity contribution in [3.63, 3.8) is 0 Å². The summed E-state index contributed by atoms with van der Waals surface area (Å²) in [6.07, 6.45) is 2.34. The third-order valence-corrected chi connectivity index (χ3v) is 2.55. The molecule has 3 heteroatoms. The Balaban J connectivity index is 2.50. The number of nitrogens with zero attached hydrogens (tertiary/aromatic N) is 1. The van der Waals surface area contributed by atoms with Crippen molar-refractivity contribution in [3.8, 4) is 17.0 Å². The van der Waals surface area contributed by atoms with Crippen LogP contribution in [0.3, 0.4) is 0 Å². The number of aldehydes is 1. The number of aromatic nitrogens is 1. The van der Waals surface area contributed by atoms with Crippen molar-refractivity contribution in [3.05, 3.63) is 47.7 Å². The number of rotatable bonds is 3. The van der Waals surface area contributed by atoms with Gasteiger partial charge in [0.1, 0.15) is 5.75 Å². The van der Waals surface area contributed by atoms with Crippen molar-refractivity contribution in [2.75, 3.05) is 7.11 Å². The molecule has 0 fully saturated rings. The van der Waals surface area contributed by atoms with Crippen LogP contribution in [0, 0.1) is 6.92 Å². The van der Waals surface area contributed by atoms with Crippen LogP contribution in [0.5, 0.6) is 5.75 Å². The van der Waals surface area contributed by atoms with E-state index in [1.807, 2.05) is 31.2 Å². The molecule has 1 aromatic heterocycles. The number of hydrogen-bond donors (Lipinski definition) is 0. The van der Waals surface area contributed by atoms with E-state index in [0.29, 0.717) is 5.56 Å².